The van der Waals surface area contributed by atoms with E-state index in [1.165, 1.54) is 5.56 Å². The first-order chi connectivity index (χ1) is 10.6. The van der Waals surface area contributed by atoms with Crippen molar-refractivity contribution in [2.45, 2.75) is 31.7 Å². The first-order valence-electron chi connectivity index (χ1n) is 6.98. The van der Waals surface area contributed by atoms with Gasteiger partial charge >= 0.3 is 0 Å². The number of rotatable bonds is 4. The highest BCUT2D eigenvalue weighted by molar-refractivity contribution is 7.98. The lowest BCUT2D eigenvalue weighted by atomic mass is 10.1. The average molecular weight is 312 g/mol. The molecule has 22 heavy (non-hydrogen) atoms. The summed E-state index contributed by atoms with van der Waals surface area (Å²) in [5, 5.41) is 5.13. The van der Waals surface area contributed by atoms with Gasteiger partial charge < -0.3 is 0 Å². The van der Waals surface area contributed by atoms with Crippen molar-refractivity contribution in [2.24, 2.45) is 0 Å². The van der Waals surface area contributed by atoms with Crippen LogP contribution in [-0.2, 0) is 5.75 Å². The van der Waals surface area contributed by atoms with Crippen LogP contribution in [-0.4, -0.2) is 25.4 Å². The van der Waals surface area contributed by atoms with Gasteiger partial charge in [0.25, 0.3) is 5.78 Å². The van der Waals surface area contributed by atoms with Crippen molar-refractivity contribution >= 4 is 23.3 Å². The molecule has 0 radical (unpaired) electrons. The van der Waals surface area contributed by atoms with E-state index in [0.717, 1.165) is 11.4 Å². The summed E-state index contributed by atoms with van der Waals surface area (Å²) in [6, 6.07) is 10.2. The van der Waals surface area contributed by atoms with Crippen LogP contribution in [0.25, 0.3) is 5.78 Å². The summed E-state index contributed by atoms with van der Waals surface area (Å²) < 4.78 is 1.65. The summed E-state index contributed by atoms with van der Waals surface area (Å²) in [6.07, 6.45) is 0. The maximum absolute atomic E-state index is 11.7. The Morgan fingerprint density at radius 1 is 1.18 bits per heavy atom. The molecular formula is C16H16N4OS. The molecule has 1 aromatic carbocycles. The molecule has 2 aromatic heterocycles. The largest absolute Gasteiger partial charge is 0.294 e. The number of hydrogen-bond donors (Lipinski definition) is 0. The summed E-state index contributed by atoms with van der Waals surface area (Å²) in [5.41, 5.74) is 3.33. The summed E-state index contributed by atoms with van der Waals surface area (Å²) in [5.74, 6) is 1.34. The highest BCUT2D eigenvalue weighted by Gasteiger charge is 2.16. The van der Waals surface area contributed by atoms with E-state index < -0.39 is 0 Å². The summed E-state index contributed by atoms with van der Waals surface area (Å²) >= 11 is 1.56. The topological polar surface area (TPSA) is 60.2 Å². The Bertz CT molecular complexity index is 842. The quantitative estimate of drug-likeness (QED) is 0.547. The molecule has 112 valence electrons. The van der Waals surface area contributed by atoms with Gasteiger partial charge in [0.1, 0.15) is 0 Å². The molecule has 0 N–H and O–H groups in total. The minimum absolute atomic E-state index is 0.00149. The van der Waals surface area contributed by atoms with Crippen molar-refractivity contribution in [1.29, 1.82) is 0 Å². The fourth-order valence-corrected chi connectivity index (χ4v) is 3.22. The Hall–Kier alpha value is -2.21. The van der Waals surface area contributed by atoms with E-state index in [2.05, 4.69) is 27.2 Å². The van der Waals surface area contributed by atoms with E-state index in [0.29, 0.717) is 22.2 Å². The number of aromatic nitrogens is 4. The van der Waals surface area contributed by atoms with Crippen molar-refractivity contribution in [3.8, 4) is 0 Å². The Balaban J connectivity index is 1.93. The van der Waals surface area contributed by atoms with E-state index in [-0.39, 0.29) is 5.78 Å². The number of hydrogen-bond acceptors (Lipinski definition) is 5. The van der Waals surface area contributed by atoms with E-state index in [1.807, 2.05) is 32.0 Å². The van der Waals surface area contributed by atoms with Gasteiger partial charge in [-0.25, -0.2) is 4.98 Å². The first-order valence-corrected chi connectivity index (χ1v) is 7.96. The Morgan fingerprint density at radius 2 is 1.91 bits per heavy atom. The third-order valence-corrected chi connectivity index (χ3v) is 4.35. The van der Waals surface area contributed by atoms with Gasteiger partial charge in [-0.3, -0.25) is 4.79 Å². The summed E-state index contributed by atoms with van der Waals surface area (Å²) in [4.78, 5) is 20.6. The zero-order chi connectivity index (χ0) is 15.7. The van der Waals surface area contributed by atoms with Crippen LogP contribution in [0.4, 0.5) is 0 Å². The van der Waals surface area contributed by atoms with Crippen LogP contribution in [0.2, 0.25) is 0 Å². The smallest absolute Gasteiger partial charge is 0.253 e. The van der Waals surface area contributed by atoms with Gasteiger partial charge in [-0.05, 0) is 26.3 Å². The Kier molecular flexibility index (Phi) is 3.94. The molecule has 6 heteroatoms. The fraction of sp³-hybridized carbons (Fsp3) is 0.250. The van der Waals surface area contributed by atoms with Crippen LogP contribution >= 0.6 is 11.8 Å². The summed E-state index contributed by atoms with van der Waals surface area (Å²) in [6.45, 7) is 5.25. The second kappa shape index (κ2) is 5.88. The van der Waals surface area contributed by atoms with Gasteiger partial charge in [-0.1, -0.05) is 42.1 Å². The van der Waals surface area contributed by atoms with Gasteiger partial charge in [-0.2, -0.15) is 9.50 Å². The van der Waals surface area contributed by atoms with Crippen LogP contribution in [0.3, 0.4) is 0 Å². The van der Waals surface area contributed by atoms with Crippen LogP contribution in [0.15, 0.2) is 35.5 Å². The summed E-state index contributed by atoms with van der Waals surface area (Å²) in [7, 11) is 0. The number of aryl methyl sites for hydroxylation is 2. The van der Waals surface area contributed by atoms with E-state index >= 15 is 0 Å². The Labute approximate surface area is 132 Å². The van der Waals surface area contributed by atoms with Crippen LogP contribution < -0.4 is 0 Å². The monoisotopic (exact) mass is 312 g/mol. The van der Waals surface area contributed by atoms with E-state index in [4.69, 9.17) is 0 Å². The molecule has 0 saturated carbocycles. The van der Waals surface area contributed by atoms with E-state index in [1.54, 1.807) is 23.2 Å². The molecular weight excluding hydrogens is 296 g/mol. The third kappa shape index (κ3) is 2.74. The molecule has 0 unspecified atom stereocenters. The Morgan fingerprint density at radius 3 is 2.59 bits per heavy atom. The normalized spacial score (nSPS) is 11.0. The van der Waals surface area contributed by atoms with Gasteiger partial charge in [0, 0.05) is 5.75 Å². The van der Waals surface area contributed by atoms with Crippen molar-refractivity contribution in [3.63, 3.8) is 0 Å². The molecule has 0 spiro atoms. The number of fused-ring (bicyclic) bond motifs is 1. The zero-order valence-electron chi connectivity index (χ0n) is 12.7. The number of thioether (sulfide) groups is 1. The highest BCUT2D eigenvalue weighted by Crippen LogP contribution is 2.21. The standard InChI is InChI=1S/C16H16N4OS/c1-10-14(12(3)21)11(2)20-15(17-10)18-16(19-20)22-9-13-7-5-4-6-8-13/h4-8H,9H2,1-3H3. The van der Waals surface area contributed by atoms with Gasteiger partial charge in [0.15, 0.2) is 5.78 Å². The molecule has 0 aliphatic carbocycles. The molecule has 0 fully saturated rings. The van der Waals surface area contributed by atoms with Gasteiger partial charge in [0.05, 0.1) is 17.0 Å². The second-order valence-electron chi connectivity index (χ2n) is 5.09. The molecule has 0 aliphatic heterocycles. The first kappa shape index (κ1) is 14.7. The molecule has 0 bridgehead atoms. The minimum Gasteiger partial charge on any atom is -0.294 e. The fourth-order valence-electron chi connectivity index (χ4n) is 2.45. The van der Waals surface area contributed by atoms with Crippen LogP contribution in [0.5, 0.6) is 0 Å². The molecule has 0 atom stereocenters. The maximum Gasteiger partial charge on any atom is 0.253 e. The average Bonchev–Trinajstić information content (AvgIpc) is 2.89. The SMILES string of the molecule is CC(=O)c1c(C)nc2nc(SCc3ccccc3)nn2c1C. The predicted octanol–water partition coefficient (Wildman–Crippen LogP) is 3.24. The lowest BCUT2D eigenvalue weighted by molar-refractivity contribution is 0.101. The zero-order valence-corrected chi connectivity index (χ0v) is 13.5. The predicted molar refractivity (Wildman–Crippen MR) is 86.3 cm³/mol. The van der Waals surface area contributed by atoms with Crippen molar-refractivity contribution in [2.75, 3.05) is 0 Å². The van der Waals surface area contributed by atoms with Crippen LogP contribution in [0.1, 0.15) is 34.2 Å². The van der Waals surface area contributed by atoms with Crippen LogP contribution in [0, 0.1) is 13.8 Å². The molecule has 0 saturated heterocycles. The molecule has 0 aliphatic rings. The molecule has 5 nitrogen and oxygen atoms in total. The second-order valence-corrected chi connectivity index (χ2v) is 6.04. The molecule has 0 amide bonds. The number of benzene rings is 1. The molecule has 2 heterocycles. The number of Topliss-reactive ketones (excluding diaryl/α,β-unsaturated/α-hetero) is 1. The minimum atomic E-state index is -0.00149. The van der Waals surface area contributed by atoms with Gasteiger partial charge in [-0.15, -0.1) is 5.10 Å². The lowest BCUT2D eigenvalue weighted by Crippen LogP contribution is -2.09. The number of ketones is 1. The number of carbonyl (C=O) groups excluding carboxylic acids is 1. The van der Waals surface area contributed by atoms with E-state index in [9.17, 15) is 4.79 Å². The third-order valence-electron chi connectivity index (χ3n) is 3.44. The van der Waals surface area contributed by atoms with Crippen molar-refractivity contribution in [1.82, 2.24) is 19.6 Å². The van der Waals surface area contributed by atoms with Crippen molar-refractivity contribution in [3.05, 3.63) is 52.8 Å². The lowest BCUT2D eigenvalue weighted by Gasteiger charge is -2.06. The maximum atomic E-state index is 11.7. The molecule has 3 rings (SSSR count). The number of carbonyl (C=O) groups is 1. The number of nitrogens with zero attached hydrogens (tertiary/aromatic N) is 4. The van der Waals surface area contributed by atoms with Gasteiger partial charge in [0.2, 0.25) is 5.16 Å². The van der Waals surface area contributed by atoms with Crippen molar-refractivity contribution < 1.29 is 4.79 Å². The highest BCUT2D eigenvalue weighted by atomic mass is 32.2. The molecule has 3 aromatic rings.